The molecule has 1 amide bonds. The number of primary amides is 1. The standard InChI is InChI=1S/C26H30N4O4S2/c1-16(2)34-24-12-11-18(13-19(24)14-27)26(29-4)35-17(3)20-7-5-9-22-21(20)8-6-10-23(22)30-36(32,33)15-25(28)31/h5,7,9,11-13,16,23,30H,3,6,8,10,15H2,1-2,4H3,(H2,28,31)/b29-26-/t23-/m0/s1. The van der Waals surface area contributed by atoms with E-state index >= 15 is 0 Å². The van der Waals surface area contributed by atoms with Crippen LogP contribution in [0.1, 0.15) is 60.5 Å². The minimum atomic E-state index is -3.84. The third kappa shape index (κ3) is 6.75. The van der Waals surface area contributed by atoms with Crippen molar-refractivity contribution in [1.29, 1.82) is 5.26 Å². The molecule has 0 saturated carbocycles. The molecular formula is C26H30N4O4S2. The van der Waals surface area contributed by atoms with E-state index in [0.29, 0.717) is 22.8 Å². The molecule has 0 spiro atoms. The van der Waals surface area contributed by atoms with E-state index in [9.17, 15) is 18.5 Å². The molecule has 36 heavy (non-hydrogen) atoms. The average Bonchev–Trinajstić information content (AvgIpc) is 2.81. The van der Waals surface area contributed by atoms with Crippen LogP contribution in [0.4, 0.5) is 0 Å². The summed E-state index contributed by atoms with van der Waals surface area (Å²) in [4.78, 5) is 16.3. The molecule has 0 heterocycles. The van der Waals surface area contributed by atoms with E-state index in [1.807, 2.05) is 38.1 Å². The van der Waals surface area contributed by atoms with Crippen molar-refractivity contribution in [3.8, 4) is 11.8 Å². The summed E-state index contributed by atoms with van der Waals surface area (Å²) in [6, 6.07) is 12.9. The Morgan fingerprint density at radius 3 is 2.75 bits per heavy atom. The first-order valence-corrected chi connectivity index (χ1v) is 14.0. The monoisotopic (exact) mass is 526 g/mol. The number of fused-ring (bicyclic) bond motifs is 1. The molecule has 0 radical (unpaired) electrons. The third-order valence-electron chi connectivity index (χ3n) is 5.59. The minimum absolute atomic E-state index is 0.0511. The SMILES string of the molecule is C=C(S/C(=N\C)c1ccc(OC(C)C)c(C#N)c1)c1cccc2c1CCC[C@@H]2NS(=O)(=O)CC(N)=O. The predicted octanol–water partition coefficient (Wildman–Crippen LogP) is 3.91. The fourth-order valence-electron chi connectivity index (χ4n) is 4.19. The number of amides is 1. The number of carbonyl (C=O) groups is 1. The molecule has 2 aromatic carbocycles. The van der Waals surface area contributed by atoms with Gasteiger partial charge in [-0.3, -0.25) is 9.79 Å². The van der Waals surface area contributed by atoms with Gasteiger partial charge in [0.15, 0.2) is 0 Å². The van der Waals surface area contributed by atoms with Gasteiger partial charge in [0.2, 0.25) is 15.9 Å². The van der Waals surface area contributed by atoms with Crippen LogP contribution in [-0.4, -0.2) is 38.3 Å². The molecule has 8 nitrogen and oxygen atoms in total. The van der Waals surface area contributed by atoms with Gasteiger partial charge in [0.25, 0.3) is 0 Å². The molecule has 1 atom stereocenters. The minimum Gasteiger partial charge on any atom is -0.490 e. The Bertz CT molecular complexity index is 1340. The van der Waals surface area contributed by atoms with Gasteiger partial charge in [-0.15, -0.1) is 0 Å². The van der Waals surface area contributed by atoms with Crippen LogP contribution in [0.25, 0.3) is 4.91 Å². The number of sulfonamides is 1. The highest BCUT2D eigenvalue weighted by Crippen LogP contribution is 2.39. The second-order valence-electron chi connectivity index (χ2n) is 8.70. The van der Waals surface area contributed by atoms with Gasteiger partial charge in [-0.1, -0.05) is 36.5 Å². The quantitative estimate of drug-likeness (QED) is 0.376. The van der Waals surface area contributed by atoms with Crippen LogP contribution in [-0.2, 0) is 21.2 Å². The molecular weight excluding hydrogens is 496 g/mol. The number of nitrogens with one attached hydrogen (secondary N) is 1. The number of aliphatic imine (C=N–C) groups is 1. The number of nitriles is 1. The van der Waals surface area contributed by atoms with Crippen molar-refractivity contribution in [3.63, 3.8) is 0 Å². The van der Waals surface area contributed by atoms with Crippen LogP contribution < -0.4 is 15.2 Å². The number of carbonyl (C=O) groups excluding carboxylic acids is 1. The zero-order valence-electron chi connectivity index (χ0n) is 20.6. The summed E-state index contributed by atoms with van der Waals surface area (Å²) in [6.07, 6.45) is 2.13. The molecule has 190 valence electrons. The Hall–Kier alpha value is -3.13. The number of rotatable bonds is 9. The molecule has 1 aliphatic rings. The molecule has 0 unspecified atom stereocenters. The lowest BCUT2D eigenvalue weighted by Crippen LogP contribution is -2.37. The second kappa shape index (κ2) is 11.7. The highest BCUT2D eigenvalue weighted by Gasteiger charge is 2.27. The van der Waals surface area contributed by atoms with Gasteiger partial charge in [0.1, 0.15) is 22.6 Å². The zero-order chi connectivity index (χ0) is 26.5. The van der Waals surface area contributed by atoms with E-state index in [-0.39, 0.29) is 6.10 Å². The van der Waals surface area contributed by atoms with Crippen LogP contribution in [0, 0.1) is 11.3 Å². The van der Waals surface area contributed by atoms with E-state index in [4.69, 9.17) is 10.5 Å². The Balaban J connectivity index is 1.87. The summed E-state index contributed by atoms with van der Waals surface area (Å²) in [5.41, 5.74) is 9.09. The molecule has 0 bridgehead atoms. The summed E-state index contributed by atoms with van der Waals surface area (Å²) in [5, 5.41) is 10.3. The lowest BCUT2D eigenvalue weighted by Gasteiger charge is -2.28. The van der Waals surface area contributed by atoms with E-state index < -0.39 is 27.7 Å². The normalized spacial score (nSPS) is 15.8. The highest BCUT2D eigenvalue weighted by atomic mass is 32.2. The number of hydrogen-bond donors (Lipinski definition) is 2. The first kappa shape index (κ1) is 27.5. The number of nitrogens with two attached hydrogens (primary N) is 1. The summed E-state index contributed by atoms with van der Waals surface area (Å²) in [6.45, 7) is 8.09. The summed E-state index contributed by atoms with van der Waals surface area (Å²) in [5.74, 6) is -1.12. The predicted molar refractivity (Wildman–Crippen MR) is 144 cm³/mol. The largest absolute Gasteiger partial charge is 0.490 e. The van der Waals surface area contributed by atoms with Crippen molar-refractivity contribution in [1.82, 2.24) is 4.72 Å². The molecule has 0 aliphatic heterocycles. The van der Waals surface area contributed by atoms with Crippen LogP contribution in [0.15, 0.2) is 48.0 Å². The van der Waals surface area contributed by atoms with Gasteiger partial charge < -0.3 is 10.5 Å². The summed E-state index contributed by atoms with van der Waals surface area (Å²) in [7, 11) is -2.16. The van der Waals surface area contributed by atoms with E-state index in [1.165, 1.54) is 11.8 Å². The van der Waals surface area contributed by atoms with E-state index in [1.54, 1.807) is 19.2 Å². The first-order valence-electron chi connectivity index (χ1n) is 11.5. The molecule has 0 aromatic heterocycles. The molecule has 3 rings (SSSR count). The Labute approximate surface area is 216 Å². The molecule has 3 N–H and O–H groups in total. The van der Waals surface area contributed by atoms with Gasteiger partial charge in [0, 0.05) is 23.6 Å². The fourth-order valence-corrected chi connectivity index (χ4v) is 6.20. The van der Waals surface area contributed by atoms with Crippen molar-refractivity contribution in [2.75, 3.05) is 12.8 Å². The highest BCUT2D eigenvalue weighted by molar-refractivity contribution is 8.22. The summed E-state index contributed by atoms with van der Waals surface area (Å²) < 4.78 is 33.0. The van der Waals surface area contributed by atoms with Crippen molar-refractivity contribution in [2.24, 2.45) is 10.7 Å². The molecule has 0 fully saturated rings. The fraction of sp³-hybridized carbons (Fsp3) is 0.346. The van der Waals surface area contributed by atoms with Crippen molar-refractivity contribution in [3.05, 3.63) is 70.8 Å². The molecule has 10 heteroatoms. The Morgan fingerprint density at radius 1 is 1.36 bits per heavy atom. The van der Waals surface area contributed by atoms with Gasteiger partial charge in [0.05, 0.1) is 11.7 Å². The van der Waals surface area contributed by atoms with E-state index in [0.717, 1.165) is 40.0 Å². The maximum atomic E-state index is 12.3. The van der Waals surface area contributed by atoms with Crippen LogP contribution in [0.5, 0.6) is 5.75 Å². The second-order valence-corrected chi connectivity index (χ2v) is 11.5. The smallest absolute Gasteiger partial charge is 0.234 e. The van der Waals surface area contributed by atoms with Gasteiger partial charge in [-0.25, -0.2) is 13.1 Å². The van der Waals surface area contributed by atoms with Crippen LogP contribution in [0.3, 0.4) is 0 Å². The third-order valence-corrected chi connectivity index (χ3v) is 7.98. The maximum absolute atomic E-state index is 12.3. The number of benzene rings is 2. The van der Waals surface area contributed by atoms with Crippen LogP contribution >= 0.6 is 11.8 Å². The Kier molecular flexibility index (Phi) is 8.95. The topological polar surface area (TPSA) is 135 Å². The lowest BCUT2D eigenvalue weighted by molar-refractivity contribution is -0.115. The van der Waals surface area contributed by atoms with Crippen molar-refractivity contribution >= 4 is 37.6 Å². The lowest BCUT2D eigenvalue weighted by atomic mass is 9.85. The van der Waals surface area contributed by atoms with Crippen molar-refractivity contribution in [2.45, 2.75) is 45.3 Å². The van der Waals surface area contributed by atoms with Gasteiger partial charge >= 0.3 is 0 Å². The average molecular weight is 527 g/mol. The van der Waals surface area contributed by atoms with Gasteiger partial charge in [-0.05, 0) is 68.0 Å². The number of nitrogens with zero attached hydrogens (tertiary/aromatic N) is 2. The first-order chi connectivity index (χ1) is 17.0. The molecule has 0 saturated heterocycles. The summed E-state index contributed by atoms with van der Waals surface area (Å²) >= 11 is 1.39. The number of thioether (sulfide) groups is 1. The number of ether oxygens (including phenoxy) is 1. The van der Waals surface area contributed by atoms with Crippen LogP contribution in [0.2, 0.25) is 0 Å². The molecule has 2 aromatic rings. The zero-order valence-corrected chi connectivity index (χ0v) is 22.2. The Morgan fingerprint density at radius 2 is 2.11 bits per heavy atom. The maximum Gasteiger partial charge on any atom is 0.234 e. The van der Waals surface area contributed by atoms with E-state index in [2.05, 4.69) is 22.4 Å². The van der Waals surface area contributed by atoms with Crippen molar-refractivity contribution < 1.29 is 17.9 Å². The molecule has 1 aliphatic carbocycles. The van der Waals surface area contributed by atoms with Gasteiger partial charge in [-0.2, -0.15) is 5.26 Å². The number of hydrogen-bond acceptors (Lipinski definition) is 7.